The minimum Gasteiger partial charge on any atom is -0.451 e. The molecule has 5 atom stereocenters. The van der Waals surface area contributed by atoms with Crippen LogP contribution in [0, 0.1) is 23.7 Å². The molecule has 0 N–H and O–H groups in total. The predicted molar refractivity (Wildman–Crippen MR) is 72.3 cm³/mol. The van der Waals surface area contributed by atoms with E-state index in [9.17, 15) is 4.79 Å². The molecule has 0 radical (unpaired) electrons. The van der Waals surface area contributed by atoms with Crippen LogP contribution < -0.4 is 4.74 Å². The Balaban J connectivity index is 1.56. The first-order valence-corrected chi connectivity index (χ1v) is 7.78. The fourth-order valence-corrected chi connectivity index (χ4v) is 5.41. The van der Waals surface area contributed by atoms with Gasteiger partial charge in [-0.25, -0.2) is 4.79 Å². The number of rotatable bonds is 0. The Kier molecular flexibility index (Phi) is 2.00. The van der Waals surface area contributed by atoms with Gasteiger partial charge in [0.1, 0.15) is 11.3 Å². The van der Waals surface area contributed by atoms with Crippen molar-refractivity contribution in [3.63, 3.8) is 0 Å². The SMILES string of the molecule is O=C1OC2(CC3CC2C2CCCC32)Oc2ccccc21. The van der Waals surface area contributed by atoms with Crippen LogP contribution in [0.3, 0.4) is 0 Å². The van der Waals surface area contributed by atoms with E-state index in [1.165, 1.54) is 25.7 Å². The molecule has 20 heavy (non-hydrogen) atoms. The molecule has 4 aliphatic rings. The van der Waals surface area contributed by atoms with Crippen molar-refractivity contribution in [2.24, 2.45) is 23.7 Å². The highest BCUT2D eigenvalue weighted by Crippen LogP contribution is 2.64. The molecule has 3 nitrogen and oxygen atoms in total. The van der Waals surface area contributed by atoms with Crippen molar-refractivity contribution in [1.82, 2.24) is 0 Å². The first kappa shape index (κ1) is 11.2. The van der Waals surface area contributed by atoms with E-state index in [0.717, 1.165) is 12.3 Å². The molecule has 3 aliphatic carbocycles. The molecule has 104 valence electrons. The highest BCUT2D eigenvalue weighted by molar-refractivity contribution is 5.93. The average Bonchev–Trinajstić information content (AvgIpc) is 3.10. The quantitative estimate of drug-likeness (QED) is 0.678. The number of fused-ring (bicyclic) bond motifs is 7. The molecule has 1 heterocycles. The molecule has 5 rings (SSSR count). The zero-order valence-corrected chi connectivity index (χ0v) is 11.4. The van der Waals surface area contributed by atoms with Gasteiger partial charge in [-0.05, 0) is 49.1 Å². The van der Waals surface area contributed by atoms with E-state index in [-0.39, 0.29) is 5.97 Å². The number of ether oxygens (including phenoxy) is 2. The Labute approximate surface area is 118 Å². The van der Waals surface area contributed by atoms with Gasteiger partial charge in [0.25, 0.3) is 5.79 Å². The first-order chi connectivity index (χ1) is 9.77. The van der Waals surface area contributed by atoms with Gasteiger partial charge >= 0.3 is 5.97 Å². The van der Waals surface area contributed by atoms with E-state index in [1.807, 2.05) is 18.2 Å². The van der Waals surface area contributed by atoms with Gasteiger partial charge in [-0.1, -0.05) is 18.6 Å². The third kappa shape index (κ3) is 1.24. The second-order valence-corrected chi connectivity index (χ2v) is 6.86. The minimum atomic E-state index is -0.651. The topological polar surface area (TPSA) is 35.5 Å². The Morgan fingerprint density at radius 3 is 2.90 bits per heavy atom. The molecule has 0 aromatic heterocycles. The normalized spacial score (nSPS) is 44.1. The van der Waals surface area contributed by atoms with E-state index in [1.54, 1.807) is 6.07 Å². The summed E-state index contributed by atoms with van der Waals surface area (Å²) in [6.45, 7) is 0. The molecular formula is C17H18O3. The number of hydrogen-bond acceptors (Lipinski definition) is 3. The lowest BCUT2D eigenvalue weighted by molar-refractivity contribution is -0.200. The van der Waals surface area contributed by atoms with E-state index in [2.05, 4.69) is 0 Å². The number of para-hydroxylation sites is 1. The maximum Gasteiger partial charge on any atom is 0.345 e. The van der Waals surface area contributed by atoms with Crippen LogP contribution in [0.1, 0.15) is 42.5 Å². The van der Waals surface area contributed by atoms with Gasteiger partial charge in [0.15, 0.2) is 0 Å². The van der Waals surface area contributed by atoms with E-state index in [0.29, 0.717) is 29.1 Å². The summed E-state index contributed by atoms with van der Waals surface area (Å²) in [5.74, 6) is 2.56. The van der Waals surface area contributed by atoms with Gasteiger partial charge in [0.2, 0.25) is 0 Å². The van der Waals surface area contributed by atoms with Crippen molar-refractivity contribution >= 4 is 5.97 Å². The van der Waals surface area contributed by atoms with Gasteiger partial charge in [-0.15, -0.1) is 0 Å². The Morgan fingerprint density at radius 2 is 1.95 bits per heavy atom. The van der Waals surface area contributed by atoms with Gasteiger partial charge in [-0.2, -0.15) is 0 Å². The smallest absolute Gasteiger partial charge is 0.345 e. The maximum atomic E-state index is 12.3. The summed E-state index contributed by atoms with van der Waals surface area (Å²) in [6, 6.07) is 7.47. The van der Waals surface area contributed by atoms with Crippen molar-refractivity contribution in [2.75, 3.05) is 0 Å². The number of hydrogen-bond donors (Lipinski definition) is 0. The lowest BCUT2D eigenvalue weighted by atomic mass is 9.78. The maximum absolute atomic E-state index is 12.3. The lowest BCUT2D eigenvalue weighted by Gasteiger charge is -2.44. The van der Waals surface area contributed by atoms with Crippen molar-refractivity contribution in [3.8, 4) is 5.75 Å². The summed E-state index contributed by atoms with van der Waals surface area (Å²) >= 11 is 0. The van der Waals surface area contributed by atoms with Gasteiger partial charge in [-0.3, -0.25) is 0 Å². The summed E-state index contributed by atoms with van der Waals surface area (Å²) in [6.07, 6.45) is 6.08. The Bertz CT molecular complexity index is 596. The number of carbonyl (C=O) groups is 1. The molecule has 1 aliphatic heterocycles. The first-order valence-electron chi connectivity index (χ1n) is 7.78. The van der Waals surface area contributed by atoms with Crippen molar-refractivity contribution < 1.29 is 14.3 Å². The van der Waals surface area contributed by atoms with E-state index < -0.39 is 5.79 Å². The van der Waals surface area contributed by atoms with Crippen LogP contribution in [0.15, 0.2) is 24.3 Å². The Hall–Kier alpha value is -1.51. The second-order valence-electron chi connectivity index (χ2n) is 6.86. The summed E-state index contributed by atoms with van der Waals surface area (Å²) in [4.78, 5) is 12.3. The third-order valence-electron chi connectivity index (χ3n) is 6.07. The van der Waals surface area contributed by atoms with Gasteiger partial charge in [0, 0.05) is 12.3 Å². The summed E-state index contributed by atoms with van der Waals surface area (Å²) < 4.78 is 12.1. The Morgan fingerprint density at radius 1 is 1.10 bits per heavy atom. The van der Waals surface area contributed by atoms with Crippen LogP contribution in [0.25, 0.3) is 0 Å². The summed E-state index contributed by atoms with van der Waals surface area (Å²) in [5.41, 5.74) is 0.573. The number of esters is 1. The van der Waals surface area contributed by atoms with Crippen molar-refractivity contribution in [1.29, 1.82) is 0 Å². The van der Waals surface area contributed by atoms with E-state index >= 15 is 0 Å². The minimum absolute atomic E-state index is 0.200. The average molecular weight is 270 g/mol. The van der Waals surface area contributed by atoms with Crippen LogP contribution in [-0.2, 0) is 4.74 Å². The molecule has 3 heteroatoms. The molecular weight excluding hydrogens is 252 g/mol. The fraction of sp³-hybridized carbons (Fsp3) is 0.588. The number of carbonyl (C=O) groups excluding carboxylic acids is 1. The molecule has 2 bridgehead atoms. The highest BCUT2D eigenvalue weighted by Gasteiger charge is 2.65. The van der Waals surface area contributed by atoms with Gasteiger partial charge < -0.3 is 9.47 Å². The molecule has 1 aromatic rings. The van der Waals surface area contributed by atoms with Crippen LogP contribution in [0.2, 0.25) is 0 Å². The summed E-state index contributed by atoms with van der Waals surface area (Å²) in [5, 5.41) is 0. The van der Waals surface area contributed by atoms with Gasteiger partial charge in [0.05, 0.1) is 0 Å². The molecule has 1 spiro atoms. The third-order valence-corrected chi connectivity index (χ3v) is 6.07. The second kappa shape index (κ2) is 3.57. The summed E-state index contributed by atoms with van der Waals surface area (Å²) in [7, 11) is 0. The molecule has 3 fully saturated rings. The van der Waals surface area contributed by atoms with Crippen molar-refractivity contribution in [3.05, 3.63) is 29.8 Å². The number of benzene rings is 1. The zero-order chi connectivity index (χ0) is 13.3. The molecule has 3 saturated carbocycles. The highest BCUT2D eigenvalue weighted by atomic mass is 16.7. The van der Waals surface area contributed by atoms with Crippen molar-refractivity contribution in [2.45, 2.75) is 37.9 Å². The van der Waals surface area contributed by atoms with Crippen LogP contribution >= 0.6 is 0 Å². The lowest BCUT2D eigenvalue weighted by Crippen LogP contribution is -2.52. The van der Waals surface area contributed by atoms with Crippen LogP contribution in [0.5, 0.6) is 5.75 Å². The monoisotopic (exact) mass is 270 g/mol. The standard InChI is InChI=1S/C17H18O3/c18-16-13-4-1-2-7-15(13)19-17(20-16)9-10-8-14(17)12-6-3-5-11(10)12/h1-2,4,7,10-12,14H,3,5-6,8-9H2. The molecule has 5 unspecified atom stereocenters. The van der Waals surface area contributed by atoms with Crippen LogP contribution in [-0.4, -0.2) is 11.8 Å². The zero-order valence-electron chi connectivity index (χ0n) is 11.4. The van der Waals surface area contributed by atoms with Crippen LogP contribution in [0.4, 0.5) is 0 Å². The fourth-order valence-electron chi connectivity index (χ4n) is 5.41. The molecule has 1 aromatic carbocycles. The molecule has 0 saturated heterocycles. The van der Waals surface area contributed by atoms with E-state index in [4.69, 9.17) is 9.47 Å². The molecule has 0 amide bonds. The predicted octanol–water partition coefficient (Wildman–Crippen LogP) is 3.39. The largest absolute Gasteiger partial charge is 0.451 e.